The summed E-state index contributed by atoms with van der Waals surface area (Å²) in [5, 5.41) is 12.7. The van der Waals surface area contributed by atoms with Gasteiger partial charge in [0.25, 0.3) is 0 Å². The maximum atomic E-state index is 2.47. The Hall–Kier alpha value is -6.78. The molecule has 266 valence electrons. The van der Waals surface area contributed by atoms with Crippen LogP contribution in [0.2, 0.25) is 0 Å². The first-order chi connectivity index (χ1) is 28.2. The van der Waals surface area contributed by atoms with Crippen molar-refractivity contribution >= 4 is 112 Å². The average molecular weight is 760 g/mol. The standard InChI is InChI=1S/C54H33NS2/c1-2-14-36(15-3-1)42-27-28-43(54-52(42)46-20-10-11-21-50(46)57-54)39-24-29-51-47(32-39)48-33-49(44-18-8-9-19-45(44)53(48)56-51)55(40-25-22-34-12-4-6-16-37(34)30-40)41-26-23-35-13-5-7-17-38(35)31-41/h1-33H. The lowest BCUT2D eigenvalue weighted by molar-refractivity contribution is 1.31. The van der Waals surface area contributed by atoms with Crippen molar-refractivity contribution in [3.05, 3.63) is 200 Å². The fourth-order valence-electron chi connectivity index (χ4n) is 8.90. The second-order valence-corrected chi connectivity index (χ2v) is 17.0. The Morgan fingerprint density at radius 2 is 0.895 bits per heavy atom. The maximum absolute atomic E-state index is 2.47. The fourth-order valence-corrected chi connectivity index (χ4v) is 11.4. The number of fused-ring (bicyclic) bond motifs is 10. The van der Waals surface area contributed by atoms with Crippen LogP contribution in [0.1, 0.15) is 0 Å². The van der Waals surface area contributed by atoms with Crippen LogP contribution >= 0.6 is 22.7 Å². The Morgan fingerprint density at radius 3 is 1.63 bits per heavy atom. The zero-order valence-corrected chi connectivity index (χ0v) is 32.4. The molecule has 0 amide bonds. The van der Waals surface area contributed by atoms with Gasteiger partial charge in [-0.05, 0) is 92.3 Å². The molecule has 2 heterocycles. The Labute approximate surface area is 337 Å². The van der Waals surface area contributed by atoms with E-state index in [1.54, 1.807) is 0 Å². The molecule has 0 aliphatic carbocycles. The average Bonchev–Trinajstić information content (AvgIpc) is 3.85. The van der Waals surface area contributed by atoms with Gasteiger partial charge >= 0.3 is 0 Å². The second-order valence-electron chi connectivity index (χ2n) is 14.9. The van der Waals surface area contributed by atoms with Crippen molar-refractivity contribution < 1.29 is 0 Å². The van der Waals surface area contributed by atoms with Gasteiger partial charge in [0.15, 0.2) is 0 Å². The third kappa shape index (κ3) is 5.20. The highest BCUT2D eigenvalue weighted by atomic mass is 32.1. The summed E-state index contributed by atoms with van der Waals surface area (Å²) in [6.07, 6.45) is 0. The molecule has 0 saturated heterocycles. The molecule has 0 unspecified atom stereocenters. The topological polar surface area (TPSA) is 3.24 Å². The van der Waals surface area contributed by atoms with Crippen LogP contribution in [0.4, 0.5) is 17.1 Å². The SMILES string of the molecule is c1ccc(-c2ccc(-c3ccc4sc5c6ccccc6c(N(c6ccc7ccccc7c6)c6ccc7ccccc7c6)cc5c4c3)c3sc4ccccc4c23)cc1. The van der Waals surface area contributed by atoms with E-state index in [2.05, 4.69) is 205 Å². The summed E-state index contributed by atoms with van der Waals surface area (Å²) in [7, 11) is 0. The molecule has 0 N–H and O–H groups in total. The molecular formula is C54H33NS2. The van der Waals surface area contributed by atoms with E-state index >= 15 is 0 Å². The van der Waals surface area contributed by atoms with Gasteiger partial charge in [-0.15, -0.1) is 22.7 Å². The summed E-state index contributed by atoms with van der Waals surface area (Å²) in [6, 6.07) is 73.9. The molecule has 12 rings (SSSR count). The van der Waals surface area contributed by atoms with Gasteiger partial charge in [0.2, 0.25) is 0 Å². The summed E-state index contributed by atoms with van der Waals surface area (Å²) >= 11 is 3.81. The van der Waals surface area contributed by atoms with Gasteiger partial charge < -0.3 is 4.90 Å². The first-order valence-electron chi connectivity index (χ1n) is 19.4. The Morgan fingerprint density at radius 1 is 0.316 bits per heavy atom. The van der Waals surface area contributed by atoms with E-state index < -0.39 is 0 Å². The Balaban J connectivity index is 1.11. The van der Waals surface area contributed by atoms with Crippen molar-refractivity contribution in [2.75, 3.05) is 4.90 Å². The molecule has 0 fully saturated rings. The molecule has 0 bridgehead atoms. The molecule has 0 aliphatic heterocycles. The molecular weight excluding hydrogens is 727 g/mol. The van der Waals surface area contributed by atoms with Crippen molar-refractivity contribution in [3.63, 3.8) is 0 Å². The highest BCUT2D eigenvalue weighted by Gasteiger charge is 2.21. The van der Waals surface area contributed by atoms with Crippen LogP contribution in [-0.2, 0) is 0 Å². The monoisotopic (exact) mass is 759 g/mol. The van der Waals surface area contributed by atoms with E-state index in [1.807, 2.05) is 22.7 Å². The zero-order valence-electron chi connectivity index (χ0n) is 30.8. The molecule has 0 saturated carbocycles. The van der Waals surface area contributed by atoms with Crippen LogP contribution in [0.15, 0.2) is 200 Å². The number of thiophene rings is 2. The second kappa shape index (κ2) is 12.9. The van der Waals surface area contributed by atoms with Crippen molar-refractivity contribution in [1.82, 2.24) is 0 Å². The van der Waals surface area contributed by atoms with Crippen LogP contribution in [0.25, 0.3) is 94.9 Å². The maximum Gasteiger partial charge on any atom is 0.0547 e. The van der Waals surface area contributed by atoms with Gasteiger partial charge in [0.1, 0.15) is 0 Å². The molecule has 10 aromatic carbocycles. The minimum absolute atomic E-state index is 1.14. The molecule has 0 atom stereocenters. The third-order valence-corrected chi connectivity index (χ3v) is 14.0. The zero-order chi connectivity index (χ0) is 37.5. The van der Waals surface area contributed by atoms with E-state index in [1.165, 1.54) is 101 Å². The largest absolute Gasteiger partial charge is 0.310 e. The summed E-state index contributed by atoms with van der Waals surface area (Å²) in [5.74, 6) is 0. The highest BCUT2D eigenvalue weighted by molar-refractivity contribution is 7.27. The van der Waals surface area contributed by atoms with Gasteiger partial charge in [-0.2, -0.15) is 0 Å². The van der Waals surface area contributed by atoms with E-state index in [4.69, 9.17) is 0 Å². The van der Waals surface area contributed by atoms with Crippen LogP contribution in [0.5, 0.6) is 0 Å². The minimum Gasteiger partial charge on any atom is -0.310 e. The van der Waals surface area contributed by atoms with Crippen LogP contribution < -0.4 is 4.90 Å². The van der Waals surface area contributed by atoms with Gasteiger partial charge in [-0.3, -0.25) is 0 Å². The first kappa shape index (κ1) is 32.5. The van der Waals surface area contributed by atoms with E-state index in [9.17, 15) is 0 Å². The first-order valence-corrected chi connectivity index (χ1v) is 21.0. The quantitative estimate of drug-likeness (QED) is 0.169. The summed E-state index contributed by atoms with van der Waals surface area (Å²) in [4.78, 5) is 2.47. The van der Waals surface area contributed by atoms with Crippen LogP contribution in [0, 0.1) is 0 Å². The smallest absolute Gasteiger partial charge is 0.0547 e. The lowest BCUT2D eigenvalue weighted by Gasteiger charge is -2.28. The Bertz CT molecular complexity index is 3460. The van der Waals surface area contributed by atoms with Gasteiger partial charge in [-0.1, -0.05) is 152 Å². The van der Waals surface area contributed by atoms with Crippen LogP contribution in [-0.4, -0.2) is 0 Å². The van der Waals surface area contributed by atoms with Crippen molar-refractivity contribution in [2.45, 2.75) is 0 Å². The van der Waals surface area contributed by atoms with Crippen molar-refractivity contribution in [1.29, 1.82) is 0 Å². The van der Waals surface area contributed by atoms with E-state index in [0.29, 0.717) is 0 Å². The van der Waals surface area contributed by atoms with Crippen molar-refractivity contribution in [3.8, 4) is 22.3 Å². The molecule has 2 aromatic heterocycles. The van der Waals surface area contributed by atoms with E-state index in [0.717, 1.165) is 11.4 Å². The predicted octanol–water partition coefficient (Wildman–Crippen LogP) is 16.7. The molecule has 3 heteroatoms. The molecule has 0 radical (unpaired) electrons. The third-order valence-electron chi connectivity index (χ3n) is 11.6. The summed E-state index contributed by atoms with van der Waals surface area (Å²) in [5.41, 5.74) is 8.51. The number of rotatable bonds is 5. The normalized spacial score (nSPS) is 11.9. The van der Waals surface area contributed by atoms with E-state index in [-0.39, 0.29) is 0 Å². The number of hydrogen-bond acceptors (Lipinski definition) is 3. The van der Waals surface area contributed by atoms with Gasteiger partial charge in [0.05, 0.1) is 5.69 Å². The highest BCUT2D eigenvalue weighted by Crippen LogP contribution is 2.49. The minimum atomic E-state index is 1.14. The number of anilines is 3. The molecule has 0 spiro atoms. The number of nitrogens with zero attached hydrogens (tertiary/aromatic N) is 1. The van der Waals surface area contributed by atoms with Crippen LogP contribution in [0.3, 0.4) is 0 Å². The lowest BCUT2D eigenvalue weighted by Crippen LogP contribution is -2.10. The predicted molar refractivity (Wildman–Crippen MR) is 250 cm³/mol. The summed E-state index contributed by atoms with van der Waals surface area (Å²) < 4.78 is 5.27. The van der Waals surface area contributed by atoms with Gasteiger partial charge in [0, 0.05) is 62.5 Å². The number of hydrogen-bond donors (Lipinski definition) is 0. The number of benzene rings is 10. The fraction of sp³-hybridized carbons (Fsp3) is 0. The molecule has 1 nitrogen and oxygen atoms in total. The summed E-state index contributed by atoms with van der Waals surface area (Å²) in [6.45, 7) is 0. The molecule has 12 aromatic rings. The lowest BCUT2D eigenvalue weighted by atomic mass is 9.94. The van der Waals surface area contributed by atoms with Crippen molar-refractivity contribution in [2.24, 2.45) is 0 Å². The molecule has 0 aliphatic rings. The van der Waals surface area contributed by atoms with Gasteiger partial charge in [-0.25, -0.2) is 0 Å². The molecule has 57 heavy (non-hydrogen) atoms. The Kier molecular flexibility index (Phi) is 7.34.